The van der Waals surface area contributed by atoms with Gasteiger partial charge in [0.25, 0.3) is 0 Å². The number of ether oxygens (including phenoxy) is 3. The highest BCUT2D eigenvalue weighted by Crippen LogP contribution is 2.50. The standard InChI is InChI=1S/C47H42O3/c1-5-35-23-26-41(44(29-35)48-32-38-17-11-8-12-18-38)47(4,42-27-24-36(6-2)30-45(42)49-33-39-19-13-9-14-20-39)43-28-25-37(7-3)31-46(43)50-34-40-21-15-10-16-22-40/h5-31H,1-3,32-34H2,4H3. The predicted octanol–water partition coefficient (Wildman–Crippen LogP) is 11.7. The molecule has 248 valence electrons. The van der Waals surface area contributed by atoms with Crippen molar-refractivity contribution >= 4 is 18.2 Å². The Morgan fingerprint density at radius 3 is 0.960 bits per heavy atom. The topological polar surface area (TPSA) is 27.7 Å². The molecule has 0 aromatic heterocycles. The Bertz CT molecular complexity index is 1830. The van der Waals surface area contributed by atoms with Gasteiger partial charge in [-0.05, 0) is 58.5 Å². The summed E-state index contributed by atoms with van der Waals surface area (Å²) in [7, 11) is 0. The van der Waals surface area contributed by atoms with E-state index in [1.165, 1.54) is 0 Å². The van der Waals surface area contributed by atoms with Gasteiger partial charge in [0, 0.05) is 16.7 Å². The van der Waals surface area contributed by atoms with Crippen molar-refractivity contribution in [2.45, 2.75) is 32.2 Å². The zero-order valence-corrected chi connectivity index (χ0v) is 28.6. The molecule has 0 spiro atoms. The average molecular weight is 655 g/mol. The summed E-state index contributed by atoms with van der Waals surface area (Å²) in [6.45, 7) is 15.6. The second kappa shape index (κ2) is 15.9. The third kappa shape index (κ3) is 7.64. The van der Waals surface area contributed by atoms with Gasteiger partial charge in [-0.2, -0.15) is 0 Å². The lowest BCUT2D eigenvalue weighted by Gasteiger charge is -2.36. The van der Waals surface area contributed by atoms with Crippen LogP contribution in [0.3, 0.4) is 0 Å². The van der Waals surface area contributed by atoms with Crippen LogP contribution >= 0.6 is 0 Å². The lowest BCUT2D eigenvalue weighted by Crippen LogP contribution is -2.28. The van der Waals surface area contributed by atoms with Crippen LogP contribution in [0, 0.1) is 0 Å². The highest BCUT2D eigenvalue weighted by atomic mass is 16.5. The zero-order valence-electron chi connectivity index (χ0n) is 28.6. The van der Waals surface area contributed by atoms with Gasteiger partial charge in [-0.3, -0.25) is 0 Å². The molecule has 0 bridgehead atoms. The molecule has 0 saturated heterocycles. The fourth-order valence-corrected chi connectivity index (χ4v) is 6.24. The summed E-state index contributed by atoms with van der Waals surface area (Å²) in [5.74, 6) is 2.24. The van der Waals surface area contributed by atoms with E-state index >= 15 is 0 Å². The van der Waals surface area contributed by atoms with Crippen molar-refractivity contribution in [3.63, 3.8) is 0 Å². The average Bonchev–Trinajstić information content (AvgIpc) is 3.19. The van der Waals surface area contributed by atoms with Crippen LogP contribution in [-0.4, -0.2) is 0 Å². The van der Waals surface area contributed by atoms with E-state index in [4.69, 9.17) is 14.2 Å². The SMILES string of the molecule is C=Cc1ccc(C(C)(c2ccc(C=C)cc2OCc2ccccc2)c2ccc(C=C)cc2OCc2ccccc2)c(OCc2ccccc2)c1. The summed E-state index contributed by atoms with van der Waals surface area (Å²) >= 11 is 0. The van der Waals surface area contributed by atoms with Crippen molar-refractivity contribution in [3.05, 3.63) is 215 Å². The molecule has 6 rings (SSSR count). The molecule has 0 radical (unpaired) electrons. The van der Waals surface area contributed by atoms with E-state index in [9.17, 15) is 0 Å². The second-order valence-corrected chi connectivity index (χ2v) is 12.3. The molecule has 3 heteroatoms. The summed E-state index contributed by atoms with van der Waals surface area (Å²) in [6, 6.07) is 49.5. The first-order valence-corrected chi connectivity index (χ1v) is 16.8. The van der Waals surface area contributed by atoms with Gasteiger partial charge in [-0.15, -0.1) is 0 Å². The molecule has 0 heterocycles. The maximum atomic E-state index is 6.72. The Hall–Kier alpha value is -6.06. The molecular weight excluding hydrogens is 613 g/mol. The number of benzene rings is 6. The Labute approximate surface area is 296 Å². The number of hydrogen-bond acceptors (Lipinski definition) is 3. The van der Waals surface area contributed by atoms with E-state index < -0.39 is 5.41 Å². The van der Waals surface area contributed by atoms with Crippen molar-refractivity contribution < 1.29 is 14.2 Å². The van der Waals surface area contributed by atoms with Gasteiger partial charge >= 0.3 is 0 Å². The number of hydrogen-bond donors (Lipinski definition) is 0. The van der Waals surface area contributed by atoms with Crippen LogP contribution in [0.4, 0.5) is 0 Å². The Morgan fingerprint density at radius 1 is 0.420 bits per heavy atom. The van der Waals surface area contributed by atoms with Crippen LogP contribution in [0.15, 0.2) is 165 Å². The van der Waals surface area contributed by atoms with E-state index in [0.29, 0.717) is 19.8 Å². The molecule has 50 heavy (non-hydrogen) atoms. The van der Waals surface area contributed by atoms with Crippen LogP contribution in [0.25, 0.3) is 18.2 Å². The minimum Gasteiger partial charge on any atom is -0.489 e. The third-order valence-corrected chi connectivity index (χ3v) is 9.05. The van der Waals surface area contributed by atoms with Gasteiger partial charge in [0.05, 0.1) is 5.41 Å². The lowest BCUT2D eigenvalue weighted by molar-refractivity contribution is 0.286. The minimum atomic E-state index is -0.816. The number of rotatable bonds is 15. The molecule has 3 nitrogen and oxygen atoms in total. The fourth-order valence-electron chi connectivity index (χ4n) is 6.24. The molecule has 0 aliphatic carbocycles. The molecule has 0 saturated carbocycles. The fraction of sp³-hybridized carbons (Fsp3) is 0.106. The van der Waals surface area contributed by atoms with Gasteiger partial charge < -0.3 is 14.2 Å². The van der Waals surface area contributed by atoms with Crippen LogP contribution in [0.5, 0.6) is 17.2 Å². The highest BCUT2D eigenvalue weighted by molar-refractivity contribution is 5.67. The van der Waals surface area contributed by atoms with Gasteiger partial charge in [0.2, 0.25) is 0 Å². The molecule has 0 amide bonds. The molecular formula is C47H42O3. The first kappa shape index (κ1) is 33.8. The van der Waals surface area contributed by atoms with Gasteiger partial charge in [-0.1, -0.05) is 165 Å². The molecule has 0 aliphatic rings. The van der Waals surface area contributed by atoms with E-state index in [1.807, 2.05) is 72.8 Å². The van der Waals surface area contributed by atoms with E-state index in [1.54, 1.807) is 0 Å². The van der Waals surface area contributed by atoms with Crippen molar-refractivity contribution in [3.8, 4) is 17.2 Å². The Balaban J connectivity index is 1.57. The molecule has 6 aromatic rings. The predicted molar refractivity (Wildman–Crippen MR) is 207 cm³/mol. The van der Waals surface area contributed by atoms with Crippen molar-refractivity contribution in [1.82, 2.24) is 0 Å². The monoisotopic (exact) mass is 654 g/mol. The summed E-state index contributed by atoms with van der Waals surface area (Å²) in [5.41, 5.74) is 8.19. The van der Waals surface area contributed by atoms with E-state index in [-0.39, 0.29) is 0 Å². The van der Waals surface area contributed by atoms with Crippen LogP contribution in [0.1, 0.15) is 57.0 Å². The van der Waals surface area contributed by atoms with Crippen LogP contribution in [0.2, 0.25) is 0 Å². The van der Waals surface area contributed by atoms with E-state index in [0.717, 1.165) is 67.3 Å². The molecule has 0 N–H and O–H groups in total. The third-order valence-electron chi connectivity index (χ3n) is 9.05. The molecule has 0 atom stereocenters. The molecule has 0 fully saturated rings. The largest absolute Gasteiger partial charge is 0.489 e. The first-order chi connectivity index (χ1) is 24.5. The zero-order chi connectivity index (χ0) is 34.8. The van der Waals surface area contributed by atoms with Crippen LogP contribution < -0.4 is 14.2 Å². The summed E-state index contributed by atoms with van der Waals surface area (Å²) in [5, 5.41) is 0. The maximum absolute atomic E-state index is 6.72. The van der Waals surface area contributed by atoms with Crippen molar-refractivity contribution in [1.29, 1.82) is 0 Å². The second-order valence-electron chi connectivity index (χ2n) is 12.3. The summed E-state index contributed by atoms with van der Waals surface area (Å²) in [6.07, 6.45) is 5.53. The Kier molecular flexibility index (Phi) is 10.8. The molecule has 0 unspecified atom stereocenters. The Morgan fingerprint density at radius 2 is 0.700 bits per heavy atom. The quantitative estimate of drug-likeness (QED) is 0.103. The maximum Gasteiger partial charge on any atom is 0.124 e. The van der Waals surface area contributed by atoms with Gasteiger partial charge in [-0.25, -0.2) is 0 Å². The van der Waals surface area contributed by atoms with E-state index in [2.05, 4.69) is 118 Å². The first-order valence-electron chi connectivity index (χ1n) is 16.8. The normalized spacial score (nSPS) is 11.0. The van der Waals surface area contributed by atoms with Crippen molar-refractivity contribution in [2.24, 2.45) is 0 Å². The molecule has 6 aromatic carbocycles. The summed E-state index contributed by atoms with van der Waals surface area (Å²) in [4.78, 5) is 0. The van der Waals surface area contributed by atoms with Gasteiger partial charge in [0.15, 0.2) is 0 Å². The molecule has 0 aliphatic heterocycles. The van der Waals surface area contributed by atoms with Gasteiger partial charge in [0.1, 0.15) is 37.1 Å². The van der Waals surface area contributed by atoms with Crippen LogP contribution in [-0.2, 0) is 25.2 Å². The highest BCUT2D eigenvalue weighted by Gasteiger charge is 2.39. The minimum absolute atomic E-state index is 0.407. The van der Waals surface area contributed by atoms with Crippen molar-refractivity contribution in [2.75, 3.05) is 0 Å². The lowest BCUT2D eigenvalue weighted by atomic mass is 9.69. The summed E-state index contributed by atoms with van der Waals surface area (Å²) < 4.78 is 20.2. The smallest absolute Gasteiger partial charge is 0.124 e.